The van der Waals surface area contributed by atoms with Gasteiger partial charge in [-0.05, 0) is 19.1 Å². The van der Waals surface area contributed by atoms with Gasteiger partial charge in [0.15, 0.2) is 10.9 Å². The fraction of sp³-hybridized carbons (Fsp3) is 0.400. The van der Waals surface area contributed by atoms with Gasteiger partial charge in [-0.2, -0.15) is 0 Å². The van der Waals surface area contributed by atoms with Crippen LogP contribution in [0.4, 0.5) is 5.13 Å². The van der Waals surface area contributed by atoms with Gasteiger partial charge in [0.05, 0.1) is 18.4 Å². The number of hydrogen-bond acceptors (Lipinski definition) is 6. The maximum absolute atomic E-state index is 12.4. The van der Waals surface area contributed by atoms with Crippen LogP contribution in [0.5, 0.6) is 0 Å². The first-order chi connectivity index (χ1) is 11.1. The van der Waals surface area contributed by atoms with Gasteiger partial charge < -0.3 is 14.6 Å². The van der Waals surface area contributed by atoms with E-state index in [-0.39, 0.29) is 54.9 Å². The fourth-order valence-electron chi connectivity index (χ4n) is 2.48. The molecule has 0 spiro atoms. The molecule has 2 aromatic rings. The summed E-state index contributed by atoms with van der Waals surface area (Å²) in [5.74, 6) is -0.0568. The zero-order chi connectivity index (χ0) is 16.2. The third-order valence-electron chi connectivity index (χ3n) is 3.67. The van der Waals surface area contributed by atoms with Gasteiger partial charge in [0.25, 0.3) is 5.91 Å². The number of hydrogen-bond donors (Lipinski definition) is 2. The van der Waals surface area contributed by atoms with E-state index in [9.17, 15) is 9.59 Å². The maximum Gasteiger partial charge on any atom is 0.293 e. The van der Waals surface area contributed by atoms with Crippen molar-refractivity contribution in [3.8, 4) is 0 Å². The summed E-state index contributed by atoms with van der Waals surface area (Å²) in [5.41, 5.74) is 0.667. The molecule has 25 heavy (non-hydrogen) atoms. The summed E-state index contributed by atoms with van der Waals surface area (Å²) in [6.07, 6.45) is 1.69. The normalized spacial score (nSPS) is 16.5. The van der Waals surface area contributed by atoms with Crippen LogP contribution in [-0.2, 0) is 11.2 Å². The average Bonchev–Trinajstić information content (AvgIpc) is 3.19. The van der Waals surface area contributed by atoms with Crippen molar-refractivity contribution in [1.29, 1.82) is 0 Å². The van der Waals surface area contributed by atoms with Crippen LogP contribution in [0.25, 0.3) is 0 Å². The van der Waals surface area contributed by atoms with Crippen LogP contribution < -0.4 is 10.6 Å². The molecule has 3 rings (SSSR count). The minimum atomic E-state index is -0.349. The van der Waals surface area contributed by atoms with E-state index in [0.717, 1.165) is 13.1 Å². The molecule has 0 bridgehead atoms. The third-order valence-corrected chi connectivity index (χ3v) is 4.48. The Morgan fingerprint density at radius 2 is 2.28 bits per heavy atom. The smallest absolute Gasteiger partial charge is 0.293 e. The van der Waals surface area contributed by atoms with Gasteiger partial charge in [0.2, 0.25) is 5.91 Å². The Balaban J connectivity index is 0.00000156. The van der Waals surface area contributed by atoms with Crippen molar-refractivity contribution in [1.82, 2.24) is 15.2 Å². The van der Waals surface area contributed by atoms with Crippen molar-refractivity contribution >= 4 is 53.1 Å². The highest BCUT2D eigenvalue weighted by atomic mass is 35.5. The van der Waals surface area contributed by atoms with E-state index in [2.05, 4.69) is 15.6 Å². The van der Waals surface area contributed by atoms with Gasteiger partial charge in [0.1, 0.15) is 0 Å². The Bertz CT molecular complexity index is 693. The van der Waals surface area contributed by atoms with Crippen molar-refractivity contribution < 1.29 is 14.0 Å². The Labute approximate surface area is 162 Å². The molecular weight excluding hydrogens is 387 g/mol. The van der Waals surface area contributed by atoms with Gasteiger partial charge in [-0.3, -0.25) is 14.9 Å². The Morgan fingerprint density at radius 3 is 2.96 bits per heavy atom. The summed E-state index contributed by atoms with van der Waals surface area (Å²) in [7, 11) is 0. The Hall–Kier alpha value is -1.61. The SMILES string of the molecule is C[C@@H]1CNCCN1C(=O)Cc1csc(NC(=O)c2ccco2)n1.Cl.Cl. The molecule has 1 atom stereocenters. The second-order valence-electron chi connectivity index (χ2n) is 5.39. The summed E-state index contributed by atoms with van der Waals surface area (Å²) >= 11 is 1.30. The molecule has 1 aliphatic heterocycles. The number of furan rings is 1. The number of rotatable bonds is 4. The summed E-state index contributed by atoms with van der Waals surface area (Å²) in [5, 5.41) is 8.18. The molecule has 0 aliphatic carbocycles. The fourth-order valence-corrected chi connectivity index (χ4v) is 3.19. The molecule has 7 nitrogen and oxygen atoms in total. The predicted molar refractivity (Wildman–Crippen MR) is 101 cm³/mol. The standard InChI is InChI=1S/C15H18N4O3S.2ClH/c1-10-8-16-4-5-19(10)13(20)7-11-9-23-15(17-11)18-14(21)12-3-2-6-22-12;;/h2-3,6,9-10,16H,4-5,7-8H2,1H3,(H,17,18,21);2*1H/t10-;;/m1../s1. The minimum absolute atomic E-state index is 0. The van der Waals surface area contributed by atoms with E-state index in [4.69, 9.17) is 4.42 Å². The number of carbonyl (C=O) groups is 2. The molecule has 10 heteroatoms. The minimum Gasteiger partial charge on any atom is -0.459 e. The van der Waals surface area contributed by atoms with E-state index in [1.165, 1.54) is 17.6 Å². The lowest BCUT2D eigenvalue weighted by Crippen LogP contribution is -2.52. The maximum atomic E-state index is 12.4. The molecule has 138 valence electrons. The molecular formula is C15H20Cl2N4O3S. The first kappa shape index (κ1) is 21.4. The number of amides is 2. The van der Waals surface area contributed by atoms with Gasteiger partial charge in [-0.25, -0.2) is 4.98 Å². The number of carbonyl (C=O) groups excluding carboxylic acids is 2. The van der Waals surface area contributed by atoms with Crippen LogP contribution in [0.15, 0.2) is 28.2 Å². The number of nitrogens with zero attached hydrogens (tertiary/aromatic N) is 2. The molecule has 3 heterocycles. The van der Waals surface area contributed by atoms with Gasteiger partial charge in [0, 0.05) is 31.1 Å². The lowest BCUT2D eigenvalue weighted by Gasteiger charge is -2.33. The molecule has 0 radical (unpaired) electrons. The highest BCUT2D eigenvalue weighted by Gasteiger charge is 2.23. The van der Waals surface area contributed by atoms with Crippen molar-refractivity contribution in [3.63, 3.8) is 0 Å². The number of aromatic nitrogens is 1. The van der Waals surface area contributed by atoms with Gasteiger partial charge >= 0.3 is 0 Å². The van der Waals surface area contributed by atoms with Crippen LogP contribution in [-0.4, -0.2) is 47.4 Å². The Morgan fingerprint density at radius 1 is 1.48 bits per heavy atom. The first-order valence-corrected chi connectivity index (χ1v) is 8.31. The molecule has 2 N–H and O–H groups in total. The highest BCUT2D eigenvalue weighted by Crippen LogP contribution is 2.18. The number of thiazole rings is 1. The lowest BCUT2D eigenvalue weighted by molar-refractivity contribution is -0.133. The topological polar surface area (TPSA) is 87.5 Å². The van der Waals surface area contributed by atoms with Crippen LogP contribution in [0, 0.1) is 0 Å². The molecule has 1 fully saturated rings. The molecule has 0 aromatic carbocycles. The van der Waals surface area contributed by atoms with Gasteiger partial charge in [-0.15, -0.1) is 36.2 Å². The van der Waals surface area contributed by atoms with Crippen molar-refractivity contribution in [2.75, 3.05) is 25.0 Å². The molecule has 2 amide bonds. The second kappa shape index (κ2) is 9.76. The molecule has 0 unspecified atom stereocenters. The van der Waals surface area contributed by atoms with Gasteiger partial charge in [-0.1, -0.05) is 0 Å². The van der Waals surface area contributed by atoms with E-state index in [1.807, 2.05) is 11.8 Å². The summed E-state index contributed by atoms with van der Waals surface area (Å²) in [6, 6.07) is 3.42. The zero-order valence-electron chi connectivity index (χ0n) is 13.6. The second-order valence-corrected chi connectivity index (χ2v) is 6.25. The lowest BCUT2D eigenvalue weighted by atomic mass is 10.2. The van der Waals surface area contributed by atoms with E-state index in [0.29, 0.717) is 17.4 Å². The largest absolute Gasteiger partial charge is 0.459 e. The van der Waals surface area contributed by atoms with E-state index >= 15 is 0 Å². The van der Waals surface area contributed by atoms with Crippen molar-refractivity contribution in [2.45, 2.75) is 19.4 Å². The predicted octanol–water partition coefficient (Wildman–Crippen LogP) is 2.19. The zero-order valence-corrected chi connectivity index (χ0v) is 16.0. The van der Waals surface area contributed by atoms with Crippen LogP contribution >= 0.6 is 36.2 Å². The van der Waals surface area contributed by atoms with Crippen LogP contribution in [0.1, 0.15) is 23.2 Å². The number of anilines is 1. The molecule has 0 saturated carbocycles. The summed E-state index contributed by atoms with van der Waals surface area (Å²) in [4.78, 5) is 30.4. The number of nitrogens with one attached hydrogen (secondary N) is 2. The third kappa shape index (κ3) is 5.43. The van der Waals surface area contributed by atoms with E-state index in [1.54, 1.807) is 17.5 Å². The molecule has 2 aromatic heterocycles. The molecule has 1 saturated heterocycles. The first-order valence-electron chi connectivity index (χ1n) is 7.43. The van der Waals surface area contributed by atoms with Crippen LogP contribution in [0.3, 0.4) is 0 Å². The average molecular weight is 407 g/mol. The monoisotopic (exact) mass is 406 g/mol. The number of halogens is 2. The van der Waals surface area contributed by atoms with Crippen molar-refractivity contribution in [2.24, 2.45) is 0 Å². The highest BCUT2D eigenvalue weighted by molar-refractivity contribution is 7.14. The summed E-state index contributed by atoms with van der Waals surface area (Å²) in [6.45, 7) is 4.37. The quantitative estimate of drug-likeness (QED) is 0.812. The van der Waals surface area contributed by atoms with Crippen LogP contribution in [0.2, 0.25) is 0 Å². The molecule has 1 aliphatic rings. The van der Waals surface area contributed by atoms with E-state index < -0.39 is 0 Å². The Kier molecular flexibility index (Phi) is 8.37. The number of piperazine rings is 1. The van der Waals surface area contributed by atoms with Crippen molar-refractivity contribution in [3.05, 3.63) is 35.2 Å². The summed E-state index contributed by atoms with van der Waals surface area (Å²) < 4.78 is 5.03.